The van der Waals surface area contributed by atoms with Crippen molar-refractivity contribution in [3.05, 3.63) is 46.5 Å². The predicted octanol–water partition coefficient (Wildman–Crippen LogP) is 4.93. The minimum absolute atomic E-state index is 0.550. The van der Waals surface area contributed by atoms with Crippen LogP contribution in [0.25, 0.3) is 10.8 Å². The summed E-state index contributed by atoms with van der Waals surface area (Å²) in [5, 5.41) is 2.47. The summed E-state index contributed by atoms with van der Waals surface area (Å²) in [5.74, 6) is 1.10. The summed E-state index contributed by atoms with van der Waals surface area (Å²) in [6.45, 7) is 4.19. The SMILES string of the molecule is Cc1ccc2c(CCl)c(C)ccc2c1CCl. The van der Waals surface area contributed by atoms with Crippen LogP contribution in [0, 0.1) is 13.8 Å². The van der Waals surface area contributed by atoms with Gasteiger partial charge in [-0.15, -0.1) is 23.2 Å². The number of hydrogen-bond acceptors (Lipinski definition) is 0. The van der Waals surface area contributed by atoms with Gasteiger partial charge in [-0.2, -0.15) is 0 Å². The maximum Gasteiger partial charge on any atom is 0.0482 e. The molecule has 0 atom stereocenters. The molecule has 0 radical (unpaired) electrons. The van der Waals surface area contributed by atoms with Crippen molar-refractivity contribution in [1.29, 1.82) is 0 Å². The Morgan fingerprint density at radius 2 is 1.12 bits per heavy atom. The summed E-state index contributed by atoms with van der Waals surface area (Å²) in [6.07, 6.45) is 0. The van der Waals surface area contributed by atoms with Crippen molar-refractivity contribution in [1.82, 2.24) is 0 Å². The van der Waals surface area contributed by atoms with E-state index in [4.69, 9.17) is 23.2 Å². The first-order valence-corrected chi connectivity index (χ1v) is 6.38. The predicted molar refractivity (Wildman–Crippen MR) is 72.5 cm³/mol. The van der Waals surface area contributed by atoms with Gasteiger partial charge in [0.1, 0.15) is 0 Å². The first kappa shape index (κ1) is 11.8. The van der Waals surface area contributed by atoms with Crippen molar-refractivity contribution >= 4 is 34.0 Å². The van der Waals surface area contributed by atoms with Crippen LogP contribution in [0.1, 0.15) is 22.3 Å². The van der Waals surface area contributed by atoms with Crippen LogP contribution in [0.15, 0.2) is 24.3 Å². The molecule has 2 heteroatoms. The summed E-state index contributed by atoms with van der Waals surface area (Å²) in [7, 11) is 0. The molecule has 0 nitrogen and oxygen atoms in total. The lowest BCUT2D eigenvalue weighted by atomic mass is 9.95. The second-order valence-electron chi connectivity index (χ2n) is 4.08. The van der Waals surface area contributed by atoms with Gasteiger partial charge in [-0.05, 0) is 46.9 Å². The van der Waals surface area contributed by atoms with E-state index >= 15 is 0 Å². The molecule has 0 aliphatic rings. The topological polar surface area (TPSA) is 0 Å². The molecule has 0 N–H and O–H groups in total. The molecule has 2 rings (SSSR count). The Labute approximate surface area is 106 Å². The number of rotatable bonds is 2. The Hall–Kier alpha value is -0.720. The molecule has 2 aromatic carbocycles. The molecule has 0 aliphatic heterocycles. The quantitative estimate of drug-likeness (QED) is 0.665. The highest BCUT2D eigenvalue weighted by atomic mass is 35.5. The number of aryl methyl sites for hydroxylation is 2. The van der Waals surface area contributed by atoms with E-state index in [0.717, 1.165) is 0 Å². The van der Waals surface area contributed by atoms with E-state index in [9.17, 15) is 0 Å². The van der Waals surface area contributed by atoms with Gasteiger partial charge in [-0.3, -0.25) is 0 Å². The molecule has 0 amide bonds. The molecule has 0 bridgehead atoms. The molecule has 16 heavy (non-hydrogen) atoms. The van der Waals surface area contributed by atoms with Crippen LogP contribution in [0.3, 0.4) is 0 Å². The van der Waals surface area contributed by atoms with E-state index in [0.29, 0.717) is 11.8 Å². The van der Waals surface area contributed by atoms with E-state index in [2.05, 4.69) is 38.1 Å². The second-order valence-corrected chi connectivity index (χ2v) is 4.62. The van der Waals surface area contributed by atoms with Gasteiger partial charge in [0, 0.05) is 11.8 Å². The van der Waals surface area contributed by atoms with Crippen molar-refractivity contribution in [2.24, 2.45) is 0 Å². The summed E-state index contributed by atoms with van der Waals surface area (Å²) in [5.41, 5.74) is 4.91. The summed E-state index contributed by atoms with van der Waals surface area (Å²) in [6, 6.07) is 8.53. The molecule has 0 heterocycles. The number of alkyl halides is 2. The van der Waals surface area contributed by atoms with E-state index in [-0.39, 0.29) is 0 Å². The zero-order valence-electron chi connectivity index (χ0n) is 9.48. The summed E-state index contributed by atoms with van der Waals surface area (Å²) in [4.78, 5) is 0. The second kappa shape index (κ2) is 4.65. The fourth-order valence-electron chi connectivity index (χ4n) is 2.10. The highest BCUT2D eigenvalue weighted by Gasteiger charge is 2.08. The fourth-order valence-corrected chi connectivity index (χ4v) is 2.81. The minimum atomic E-state index is 0.550. The molecule has 0 aromatic heterocycles. The van der Waals surface area contributed by atoms with Crippen molar-refractivity contribution in [2.45, 2.75) is 25.6 Å². The summed E-state index contributed by atoms with van der Waals surface area (Å²) < 4.78 is 0. The third-order valence-corrected chi connectivity index (χ3v) is 3.69. The number of halogens is 2. The molecule has 2 aromatic rings. The molecule has 0 saturated carbocycles. The highest BCUT2D eigenvalue weighted by molar-refractivity contribution is 6.19. The van der Waals surface area contributed by atoms with Crippen molar-refractivity contribution < 1.29 is 0 Å². The smallest absolute Gasteiger partial charge is 0.0482 e. The maximum atomic E-state index is 6.01. The van der Waals surface area contributed by atoms with Crippen molar-refractivity contribution in [2.75, 3.05) is 0 Å². The Morgan fingerprint density at radius 1 is 0.750 bits per heavy atom. The first-order valence-electron chi connectivity index (χ1n) is 5.31. The van der Waals surface area contributed by atoms with Gasteiger partial charge in [-0.25, -0.2) is 0 Å². The third-order valence-electron chi connectivity index (χ3n) is 3.16. The summed E-state index contributed by atoms with van der Waals surface area (Å²) >= 11 is 12.0. The van der Waals surface area contributed by atoms with Crippen LogP contribution in [0.2, 0.25) is 0 Å². The molecular weight excluding hydrogens is 239 g/mol. The van der Waals surface area contributed by atoms with Crippen LogP contribution < -0.4 is 0 Å². The average Bonchev–Trinajstić information content (AvgIpc) is 2.29. The largest absolute Gasteiger partial charge is 0.122 e. The van der Waals surface area contributed by atoms with Crippen LogP contribution in [-0.4, -0.2) is 0 Å². The molecule has 0 spiro atoms. The van der Waals surface area contributed by atoms with Gasteiger partial charge in [-0.1, -0.05) is 24.3 Å². The highest BCUT2D eigenvalue weighted by Crippen LogP contribution is 2.29. The lowest BCUT2D eigenvalue weighted by molar-refractivity contribution is 1.30. The normalized spacial score (nSPS) is 11.0. The number of benzene rings is 2. The van der Waals surface area contributed by atoms with Crippen LogP contribution in [0.4, 0.5) is 0 Å². The standard InChI is InChI=1S/C14H14Cl2/c1-9-3-5-12-11(13(9)7-15)6-4-10(2)14(12)8-16/h3-6H,7-8H2,1-2H3. The number of hydrogen-bond donors (Lipinski definition) is 0. The Kier molecular flexibility index (Phi) is 3.41. The van der Waals surface area contributed by atoms with Crippen molar-refractivity contribution in [3.8, 4) is 0 Å². The third kappa shape index (κ3) is 1.81. The van der Waals surface area contributed by atoms with Gasteiger partial charge in [0.2, 0.25) is 0 Å². The molecule has 84 valence electrons. The zero-order chi connectivity index (χ0) is 11.7. The lowest BCUT2D eigenvalue weighted by Gasteiger charge is -2.12. The zero-order valence-corrected chi connectivity index (χ0v) is 11.0. The van der Waals surface area contributed by atoms with Gasteiger partial charge in [0.05, 0.1) is 0 Å². The molecule has 0 saturated heterocycles. The van der Waals surface area contributed by atoms with E-state index in [1.807, 2.05) is 0 Å². The Balaban J connectivity index is 2.87. The van der Waals surface area contributed by atoms with Gasteiger partial charge < -0.3 is 0 Å². The van der Waals surface area contributed by atoms with Crippen molar-refractivity contribution in [3.63, 3.8) is 0 Å². The van der Waals surface area contributed by atoms with Crippen LogP contribution >= 0.6 is 23.2 Å². The molecule has 0 fully saturated rings. The first-order chi connectivity index (χ1) is 7.69. The van der Waals surface area contributed by atoms with Crippen LogP contribution in [-0.2, 0) is 11.8 Å². The monoisotopic (exact) mass is 252 g/mol. The molecule has 0 unspecified atom stereocenters. The molecular formula is C14H14Cl2. The lowest BCUT2D eigenvalue weighted by Crippen LogP contribution is -1.93. The maximum absolute atomic E-state index is 6.01. The van der Waals surface area contributed by atoms with E-state index < -0.39 is 0 Å². The number of fused-ring (bicyclic) bond motifs is 1. The Morgan fingerprint density at radius 3 is 1.44 bits per heavy atom. The minimum Gasteiger partial charge on any atom is -0.122 e. The fraction of sp³-hybridized carbons (Fsp3) is 0.286. The Bertz CT molecular complexity index is 480. The average molecular weight is 253 g/mol. The molecule has 0 aliphatic carbocycles. The van der Waals surface area contributed by atoms with Gasteiger partial charge in [0.15, 0.2) is 0 Å². The van der Waals surface area contributed by atoms with E-state index in [1.165, 1.54) is 33.0 Å². The van der Waals surface area contributed by atoms with Gasteiger partial charge >= 0.3 is 0 Å². The van der Waals surface area contributed by atoms with Gasteiger partial charge in [0.25, 0.3) is 0 Å². The van der Waals surface area contributed by atoms with E-state index in [1.54, 1.807) is 0 Å². The van der Waals surface area contributed by atoms with Crippen LogP contribution in [0.5, 0.6) is 0 Å².